The molecule has 2 aromatic carbocycles. The van der Waals surface area contributed by atoms with Gasteiger partial charge in [-0.05, 0) is 43.0 Å². The Balaban J connectivity index is 1.69. The summed E-state index contributed by atoms with van der Waals surface area (Å²) in [5.41, 5.74) is 2.59. The summed E-state index contributed by atoms with van der Waals surface area (Å²) in [5.74, 6) is -0.0687. The third kappa shape index (κ3) is 4.50. The number of hydrogen-bond donors (Lipinski definition) is 0. The molecule has 2 aliphatic rings. The molecule has 0 N–H and O–H groups in total. The van der Waals surface area contributed by atoms with E-state index in [0.29, 0.717) is 32.1 Å². The molecule has 0 spiro atoms. The Morgan fingerprint density at radius 2 is 1.88 bits per heavy atom. The van der Waals surface area contributed by atoms with Crippen LogP contribution >= 0.6 is 46.6 Å². The van der Waals surface area contributed by atoms with Gasteiger partial charge in [0.15, 0.2) is 10.9 Å². The van der Waals surface area contributed by atoms with Gasteiger partial charge in [0.05, 0.1) is 34.0 Å². The van der Waals surface area contributed by atoms with Crippen LogP contribution in [-0.2, 0) is 16.1 Å². The zero-order chi connectivity index (χ0) is 22.8. The maximum atomic E-state index is 12.8. The first kappa shape index (κ1) is 23.1. The summed E-state index contributed by atoms with van der Waals surface area (Å²) in [6.45, 7) is 4.05. The molecule has 0 bridgehead atoms. The average Bonchev–Trinajstić information content (AvgIpc) is 3.21. The molecule has 166 valence electrons. The highest BCUT2D eigenvalue weighted by Crippen LogP contribution is 2.44. The number of ether oxygens (including phenoxy) is 2. The highest BCUT2D eigenvalue weighted by molar-refractivity contribution is 8.16. The monoisotopic (exact) mass is 508 g/mol. The molecule has 1 atom stereocenters. The maximum Gasteiger partial charge on any atom is 0.338 e. The number of halogens is 3. The van der Waals surface area contributed by atoms with E-state index in [4.69, 9.17) is 44.3 Å². The van der Waals surface area contributed by atoms with Crippen molar-refractivity contribution >= 4 is 57.7 Å². The molecule has 0 aromatic heterocycles. The SMILES string of the molecule is CCOC(=O)C1=C(C)N=C2SC=CN2[C@@H]1c1cc(Cl)c(OCc2ccccc2Cl)c(Cl)c1. The molecule has 2 heterocycles. The smallest absolute Gasteiger partial charge is 0.338 e. The highest BCUT2D eigenvalue weighted by Gasteiger charge is 2.38. The van der Waals surface area contributed by atoms with Crippen LogP contribution in [0, 0.1) is 0 Å². The molecule has 4 rings (SSSR count). The zero-order valence-electron chi connectivity index (χ0n) is 17.3. The van der Waals surface area contributed by atoms with E-state index >= 15 is 0 Å². The number of fused-ring (bicyclic) bond motifs is 1. The van der Waals surface area contributed by atoms with E-state index in [1.54, 1.807) is 32.0 Å². The number of nitrogens with zero attached hydrogens (tertiary/aromatic N) is 2. The summed E-state index contributed by atoms with van der Waals surface area (Å²) in [5, 5.41) is 3.95. The van der Waals surface area contributed by atoms with E-state index < -0.39 is 12.0 Å². The van der Waals surface area contributed by atoms with Gasteiger partial charge < -0.3 is 14.4 Å². The first-order chi connectivity index (χ1) is 15.4. The summed E-state index contributed by atoms with van der Waals surface area (Å²) >= 11 is 20.9. The zero-order valence-corrected chi connectivity index (χ0v) is 20.4. The Bertz CT molecular complexity index is 1140. The predicted molar refractivity (Wildman–Crippen MR) is 130 cm³/mol. The quantitative estimate of drug-likeness (QED) is 0.393. The van der Waals surface area contributed by atoms with Crippen LogP contribution in [0.5, 0.6) is 5.75 Å². The number of carbonyl (C=O) groups excluding carboxylic acids is 1. The summed E-state index contributed by atoms with van der Waals surface area (Å²) in [4.78, 5) is 19.3. The van der Waals surface area contributed by atoms with Crippen LogP contribution in [0.3, 0.4) is 0 Å². The number of allylic oxidation sites excluding steroid dienone is 1. The number of carbonyl (C=O) groups is 1. The molecule has 0 unspecified atom stereocenters. The van der Waals surface area contributed by atoms with Crippen LogP contribution in [0.15, 0.2) is 64.3 Å². The Kier molecular flexibility index (Phi) is 7.05. The number of hydrogen-bond acceptors (Lipinski definition) is 6. The lowest BCUT2D eigenvalue weighted by Gasteiger charge is -2.33. The first-order valence-corrected chi connectivity index (χ1v) is 11.9. The predicted octanol–water partition coefficient (Wildman–Crippen LogP) is 6.99. The lowest BCUT2D eigenvalue weighted by atomic mass is 9.94. The van der Waals surface area contributed by atoms with Gasteiger partial charge in [-0.2, -0.15) is 0 Å². The average molecular weight is 510 g/mol. The molecule has 0 fully saturated rings. The van der Waals surface area contributed by atoms with Crippen LogP contribution < -0.4 is 4.74 Å². The molecule has 32 heavy (non-hydrogen) atoms. The van der Waals surface area contributed by atoms with Crippen LogP contribution in [0.4, 0.5) is 0 Å². The van der Waals surface area contributed by atoms with Gasteiger partial charge in [0, 0.05) is 16.8 Å². The van der Waals surface area contributed by atoms with Crippen LogP contribution in [0.2, 0.25) is 15.1 Å². The Labute approximate surface area is 205 Å². The Hall–Kier alpha value is -2.12. The third-order valence-corrected chi connectivity index (χ3v) is 6.68. The fourth-order valence-corrected chi connectivity index (χ4v) is 5.13. The van der Waals surface area contributed by atoms with Gasteiger partial charge in [-0.3, -0.25) is 0 Å². The van der Waals surface area contributed by atoms with Gasteiger partial charge >= 0.3 is 5.97 Å². The summed E-state index contributed by atoms with van der Waals surface area (Å²) < 4.78 is 11.2. The van der Waals surface area contributed by atoms with Crippen molar-refractivity contribution in [3.8, 4) is 5.75 Å². The largest absolute Gasteiger partial charge is 0.486 e. The van der Waals surface area contributed by atoms with Crippen molar-refractivity contribution in [1.29, 1.82) is 0 Å². The van der Waals surface area contributed by atoms with Gasteiger partial charge in [-0.25, -0.2) is 9.79 Å². The second kappa shape index (κ2) is 9.79. The lowest BCUT2D eigenvalue weighted by molar-refractivity contribution is -0.139. The molecule has 0 saturated heterocycles. The number of benzene rings is 2. The first-order valence-electron chi connectivity index (χ1n) is 9.84. The molecular weight excluding hydrogens is 491 g/mol. The van der Waals surface area contributed by atoms with Crippen molar-refractivity contribution in [2.24, 2.45) is 4.99 Å². The third-order valence-electron chi connectivity index (χ3n) is 4.98. The van der Waals surface area contributed by atoms with E-state index in [-0.39, 0.29) is 13.2 Å². The van der Waals surface area contributed by atoms with Crippen LogP contribution in [0.25, 0.3) is 0 Å². The van der Waals surface area contributed by atoms with Gasteiger partial charge in [-0.1, -0.05) is 64.8 Å². The molecule has 2 aliphatic heterocycles. The molecule has 0 amide bonds. The number of rotatable bonds is 6. The van der Waals surface area contributed by atoms with Gasteiger partial charge in [0.2, 0.25) is 0 Å². The van der Waals surface area contributed by atoms with Crippen molar-refractivity contribution in [2.45, 2.75) is 26.5 Å². The minimum absolute atomic E-state index is 0.220. The van der Waals surface area contributed by atoms with Crippen molar-refractivity contribution in [3.05, 3.63) is 85.5 Å². The van der Waals surface area contributed by atoms with Crippen molar-refractivity contribution in [1.82, 2.24) is 4.90 Å². The fraction of sp³-hybridized carbons (Fsp3) is 0.217. The fourth-order valence-electron chi connectivity index (χ4n) is 3.54. The number of amidine groups is 1. The summed E-state index contributed by atoms with van der Waals surface area (Å²) in [6.07, 6.45) is 1.88. The maximum absolute atomic E-state index is 12.8. The molecule has 0 radical (unpaired) electrons. The normalized spacial score (nSPS) is 17.3. The van der Waals surface area contributed by atoms with Gasteiger partial charge in [0.1, 0.15) is 6.61 Å². The molecule has 9 heteroatoms. The molecule has 0 saturated carbocycles. The number of aliphatic imine (C=N–C) groups is 1. The summed E-state index contributed by atoms with van der Waals surface area (Å²) in [7, 11) is 0. The standard InChI is InChI=1S/C23H19Cl3N2O3S/c1-3-30-22(29)19-13(2)27-23-28(8-9-32-23)20(19)15-10-17(25)21(18(26)11-15)31-12-14-6-4-5-7-16(14)24/h4-11,20H,3,12H2,1-2H3/t20-/m1/s1. The topological polar surface area (TPSA) is 51.1 Å². The Morgan fingerprint density at radius 1 is 1.16 bits per heavy atom. The number of thioether (sulfide) groups is 1. The van der Waals surface area contributed by atoms with E-state index in [2.05, 4.69) is 4.99 Å². The van der Waals surface area contributed by atoms with E-state index in [1.165, 1.54) is 11.8 Å². The summed E-state index contributed by atoms with van der Waals surface area (Å²) in [6, 6.07) is 10.4. The minimum atomic E-state index is -0.472. The second-order valence-corrected chi connectivity index (χ2v) is 9.12. The van der Waals surface area contributed by atoms with Crippen molar-refractivity contribution in [2.75, 3.05) is 6.61 Å². The second-order valence-electron chi connectivity index (χ2n) is 7.02. The van der Waals surface area contributed by atoms with Crippen LogP contribution in [-0.4, -0.2) is 22.6 Å². The van der Waals surface area contributed by atoms with Crippen LogP contribution in [0.1, 0.15) is 31.0 Å². The molecular formula is C23H19Cl3N2O3S. The molecule has 2 aromatic rings. The molecule has 0 aliphatic carbocycles. The lowest BCUT2D eigenvalue weighted by Crippen LogP contribution is -2.34. The Morgan fingerprint density at radius 3 is 2.56 bits per heavy atom. The van der Waals surface area contributed by atoms with Crippen molar-refractivity contribution < 1.29 is 14.3 Å². The van der Waals surface area contributed by atoms with Gasteiger partial charge in [-0.15, -0.1) is 0 Å². The van der Waals surface area contributed by atoms with Gasteiger partial charge in [0.25, 0.3) is 0 Å². The van der Waals surface area contributed by atoms with Crippen molar-refractivity contribution in [3.63, 3.8) is 0 Å². The highest BCUT2D eigenvalue weighted by atomic mass is 35.5. The van der Waals surface area contributed by atoms with E-state index in [0.717, 1.165) is 16.3 Å². The van der Waals surface area contributed by atoms with E-state index in [1.807, 2.05) is 34.7 Å². The molecule has 5 nitrogen and oxygen atoms in total. The minimum Gasteiger partial charge on any atom is -0.486 e. The van der Waals surface area contributed by atoms with E-state index in [9.17, 15) is 4.79 Å². The number of esters is 1.